The molecule has 1 aliphatic heterocycles. The number of unbranched alkanes of at least 4 members (excludes halogenated alkanes) is 2. The third kappa shape index (κ3) is 7.15. The van der Waals surface area contributed by atoms with Gasteiger partial charge in [-0.3, -0.25) is 9.69 Å². The average Bonchev–Trinajstić information content (AvgIpc) is 2.97. The first-order valence-electron chi connectivity index (χ1n) is 13.6. The van der Waals surface area contributed by atoms with Gasteiger partial charge in [0.2, 0.25) is 0 Å². The summed E-state index contributed by atoms with van der Waals surface area (Å²) in [4.78, 5) is 13.8. The number of rotatable bonds is 11. The summed E-state index contributed by atoms with van der Waals surface area (Å²) >= 11 is 0. The molecule has 3 aromatic carbocycles. The van der Waals surface area contributed by atoms with Crippen molar-refractivity contribution >= 4 is 18.1 Å². The summed E-state index contributed by atoms with van der Waals surface area (Å²) in [6, 6.07) is 23.8. The minimum absolute atomic E-state index is 0.406. The number of piperazine rings is 1. The zero-order valence-electron chi connectivity index (χ0n) is 22.8. The van der Waals surface area contributed by atoms with Gasteiger partial charge >= 0.3 is 5.97 Å². The smallest absolute Gasteiger partial charge is 0.322 e. The number of aliphatic carboxylic acids is 1. The van der Waals surface area contributed by atoms with E-state index in [0.29, 0.717) is 44.0 Å². The van der Waals surface area contributed by atoms with Gasteiger partial charge in [-0.25, -0.2) is 0 Å². The van der Waals surface area contributed by atoms with Crippen LogP contribution in [0.3, 0.4) is 0 Å². The maximum absolute atomic E-state index is 11.8. The Hall–Kier alpha value is -4.43. The molecule has 0 bridgehead atoms. The van der Waals surface area contributed by atoms with E-state index >= 15 is 0 Å². The van der Waals surface area contributed by atoms with Crippen LogP contribution >= 0.6 is 0 Å². The maximum Gasteiger partial charge on any atom is 0.322 e. The van der Waals surface area contributed by atoms with Crippen LogP contribution in [0.2, 0.25) is 0 Å². The zero-order valence-corrected chi connectivity index (χ0v) is 22.8. The lowest BCUT2D eigenvalue weighted by molar-refractivity contribution is -0.144. The molecule has 1 heterocycles. The lowest BCUT2D eigenvalue weighted by Gasteiger charge is -2.34. The molecule has 0 aromatic heterocycles. The highest BCUT2D eigenvalue weighted by atomic mass is 16.5. The highest BCUT2D eigenvalue weighted by molar-refractivity contribution is 5.81. The highest BCUT2D eigenvalue weighted by Gasteiger charge is 2.29. The molecule has 1 saturated heterocycles. The molecule has 3 aromatic rings. The normalized spacial score (nSPS) is 15.4. The second-order valence-electron chi connectivity index (χ2n) is 9.89. The molecule has 7 nitrogen and oxygen atoms in total. The van der Waals surface area contributed by atoms with Gasteiger partial charge in [0.05, 0.1) is 18.2 Å². The Morgan fingerprint density at radius 2 is 1.90 bits per heavy atom. The molecule has 1 unspecified atom stereocenters. The SMILES string of the molecule is Cc1cc(CN2CCNCC2C(=O)O)c(OCCCCC#N)cc1C=Cc1cccc(-c2ccccc2)c1C#N. The van der Waals surface area contributed by atoms with Crippen molar-refractivity contribution in [3.8, 4) is 29.0 Å². The van der Waals surface area contributed by atoms with Crippen molar-refractivity contribution in [2.45, 2.75) is 38.8 Å². The van der Waals surface area contributed by atoms with E-state index in [1.165, 1.54) is 0 Å². The molecule has 1 aliphatic rings. The summed E-state index contributed by atoms with van der Waals surface area (Å²) in [6.45, 7) is 4.74. The van der Waals surface area contributed by atoms with E-state index in [9.17, 15) is 15.2 Å². The number of benzene rings is 3. The van der Waals surface area contributed by atoms with E-state index in [1.807, 2.05) is 78.6 Å². The summed E-state index contributed by atoms with van der Waals surface area (Å²) in [5.41, 5.74) is 6.26. The third-order valence-electron chi connectivity index (χ3n) is 7.14. The van der Waals surface area contributed by atoms with Crippen molar-refractivity contribution in [3.05, 3.63) is 88.5 Å². The predicted molar refractivity (Wildman–Crippen MR) is 156 cm³/mol. The Kier molecular flexibility index (Phi) is 10.1. The fourth-order valence-electron chi connectivity index (χ4n) is 4.96. The van der Waals surface area contributed by atoms with Gasteiger partial charge in [0, 0.05) is 43.7 Å². The van der Waals surface area contributed by atoms with Crippen LogP contribution in [0.1, 0.15) is 47.1 Å². The van der Waals surface area contributed by atoms with E-state index in [-0.39, 0.29) is 0 Å². The third-order valence-corrected chi connectivity index (χ3v) is 7.14. The Bertz CT molecular complexity index is 1440. The van der Waals surface area contributed by atoms with Gasteiger partial charge in [0.1, 0.15) is 17.9 Å². The maximum atomic E-state index is 11.8. The quantitative estimate of drug-likeness (QED) is 0.242. The second-order valence-corrected chi connectivity index (χ2v) is 9.89. The summed E-state index contributed by atoms with van der Waals surface area (Å²) in [7, 11) is 0. The summed E-state index contributed by atoms with van der Waals surface area (Å²) < 4.78 is 6.21. The molecule has 0 aliphatic carbocycles. The molecule has 0 saturated carbocycles. The van der Waals surface area contributed by atoms with Crippen molar-refractivity contribution in [1.82, 2.24) is 10.2 Å². The van der Waals surface area contributed by atoms with E-state index in [2.05, 4.69) is 23.5 Å². The van der Waals surface area contributed by atoms with Gasteiger partial charge in [0.15, 0.2) is 0 Å². The van der Waals surface area contributed by atoms with Crippen LogP contribution in [-0.4, -0.2) is 48.3 Å². The van der Waals surface area contributed by atoms with Gasteiger partial charge in [0.25, 0.3) is 0 Å². The molecule has 1 atom stereocenters. The number of carbonyl (C=O) groups is 1. The van der Waals surface area contributed by atoms with E-state index in [1.54, 1.807) is 0 Å². The van der Waals surface area contributed by atoms with Crippen LogP contribution in [0, 0.1) is 29.6 Å². The molecule has 0 spiro atoms. The molecule has 204 valence electrons. The zero-order chi connectivity index (χ0) is 28.3. The standard InChI is InChI=1S/C33H34N4O3/c1-24-19-28(23-37-17-16-36-22-31(37)33(38)39)32(40-18-7-3-6-15-34)20-27(24)14-13-26-11-8-12-29(30(26)21-35)25-9-4-2-5-10-25/h2,4-5,8-14,19-20,31,36H,3,6-7,16-18,22-23H2,1H3,(H,38,39). The summed E-state index contributed by atoms with van der Waals surface area (Å²) in [6.07, 6.45) is 5.97. The van der Waals surface area contributed by atoms with Crippen LogP contribution in [0.4, 0.5) is 0 Å². The Morgan fingerprint density at radius 1 is 1.10 bits per heavy atom. The first kappa shape index (κ1) is 28.6. The minimum Gasteiger partial charge on any atom is -0.493 e. The van der Waals surface area contributed by atoms with Crippen LogP contribution in [0.15, 0.2) is 60.7 Å². The number of nitriles is 2. The van der Waals surface area contributed by atoms with Crippen molar-refractivity contribution in [2.24, 2.45) is 0 Å². The molecule has 0 radical (unpaired) electrons. The molecule has 0 amide bonds. The molecule has 2 N–H and O–H groups in total. The van der Waals surface area contributed by atoms with E-state index in [0.717, 1.165) is 52.8 Å². The van der Waals surface area contributed by atoms with E-state index < -0.39 is 12.0 Å². The number of nitrogens with zero attached hydrogens (tertiary/aromatic N) is 3. The number of hydrogen-bond donors (Lipinski definition) is 2. The minimum atomic E-state index is -0.839. The molecule has 7 heteroatoms. The Labute approximate surface area is 235 Å². The van der Waals surface area contributed by atoms with Crippen molar-refractivity contribution in [1.29, 1.82) is 10.5 Å². The number of carboxylic acid groups (broad SMARTS) is 1. The van der Waals surface area contributed by atoms with E-state index in [4.69, 9.17) is 10.00 Å². The first-order valence-corrected chi connectivity index (χ1v) is 13.6. The largest absolute Gasteiger partial charge is 0.493 e. The van der Waals surface area contributed by atoms with Crippen LogP contribution < -0.4 is 10.1 Å². The van der Waals surface area contributed by atoms with Gasteiger partial charge in [-0.15, -0.1) is 0 Å². The molecular weight excluding hydrogens is 500 g/mol. The highest BCUT2D eigenvalue weighted by Crippen LogP contribution is 2.30. The van der Waals surface area contributed by atoms with Gasteiger partial charge in [-0.05, 0) is 48.1 Å². The van der Waals surface area contributed by atoms with Crippen molar-refractivity contribution in [3.63, 3.8) is 0 Å². The summed E-state index contributed by atoms with van der Waals surface area (Å²) in [5.74, 6) is -0.128. The van der Waals surface area contributed by atoms with Gasteiger partial charge in [-0.1, -0.05) is 66.7 Å². The van der Waals surface area contributed by atoms with Crippen molar-refractivity contribution < 1.29 is 14.6 Å². The van der Waals surface area contributed by atoms with Gasteiger partial charge < -0.3 is 15.2 Å². The topological polar surface area (TPSA) is 109 Å². The predicted octanol–water partition coefficient (Wildman–Crippen LogP) is 5.64. The average molecular weight is 535 g/mol. The van der Waals surface area contributed by atoms with Gasteiger partial charge in [-0.2, -0.15) is 10.5 Å². The molecule has 40 heavy (non-hydrogen) atoms. The fourth-order valence-corrected chi connectivity index (χ4v) is 4.96. The number of aryl methyl sites for hydroxylation is 1. The number of nitrogens with one attached hydrogen (secondary N) is 1. The molecule has 1 fully saturated rings. The second kappa shape index (κ2) is 14.1. The fraction of sp³-hybridized carbons (Fsp3) is 0.303. The molecule has 4 rings (SSSR count). The lowest BCUT2D eigenvalue weighted by Crippen LogP contribution is -2.54. The number of carboxylic acids is 1. The lowest BCUT2D eigenvalue weighted by atomic mass is 9.95. The number of ether oxygens (including phenoxy) is 1. The van der Waals surface area contributed by atoms with Crippen molar-refractivity contribution in [2.75, 3.05) is 26.2 Å². The number of hydrogen-bond acceptors (Lipinski definition) is 6. The van der Waals surface area contributed by atoms with Crippen LogP contribution in [0.5, 0.6) is 5.75 Å². The monoisotopic (exact) mass is 534 g/mol. The Morgan fingerprint density at radius 3 is 2.65 bits per heavy atom. The Balaban J connectivity index is 1.64. The first-order chi connectivity index (χ1) is 19.5. The molecular formula is C33H34N4O3. The van der Waals surface area contributed by atoms with Crippen LogP contribution in [0.25, 0.3) is 23.3 Å². The summed E-state index contributed by atoms with van der Waals surface area (Å²) in [5, 5.41) is 31.7. The van der Waals surface area contributed by atoms with Crippen LogP contribution in [-0.2, 0) is 11.3 Å².